The van der Waals surface area contributed by atoms with Crippen molar-refractivity contribution in [3.63, 3.8) is 0 Å². The normalized spacial score (nSPS) is 28.8. The Balaban J connectivity index is 1.83. The number of nitrogens with two attached hydrogens (primary N) is 1. The molecular weight excluding hydrogens is 256 g/mol. The number of thioether (sulfide) groups is 1. The molecule has 19 heavy (non-hydrogen) atoms. The van der Waals surface area contributed by atoms with Gasteiger partial charge in [-0.25, -0.2) is 0 Å². The van der Waals surface area contributed by atoms with Crippen LogP contribution in [0, 0.1) is 5.92 Å². The van der Waals surface area contributed by atoms with Gasteiger partial charge in [-0.3, -0.25) is 4.79 Å². The number of likely N-dealkylation sites (tertiary alicyclic amines) is 1. The van der Waals surface area contributed by atoms with E-state index in [1.54, 1.807) is 11.8 Å². The lowest BCUT2D eigenvalue weighted by Gasteiger charge is -2.44. The first kappa shape index (κ1) is 15.2. The Labute approximate surface area is 121 Å². The number of nitrogens with zero attached hydrogens (tertiary/aromatic N) is 1. The van der Waals surface area contributed by atoms with Gasteiger partial charge in [0.15, 0.2) is 0 Å². The number of fused-ring (bicyclic) bond motifs is 1. The first-order chi connectivity index (χ1) is 9.22. The monoisotopic (exact) mass is 284 g/mol. The van der Waals surface area contributed by atoms with Crippen molar-refractivity contribution >= 4 is 17.7 Å². The van der Waals surface area contributed by atoms with Gasteiger partial charge in [-0.15, -0.1) is 11.8 Å². The fraction of sp³-hybridized carbons (Fsp3) is 0.933. The van der Waals surface area contributed by atoms with E-state index < -0.39 is 0 Å². The number of piperidine rings is 1. The van der Waals surface area contributed by atoms with Crippen LogP contribution in [-0.2, 0) is 4.79 Å². The zero-order valence-electron chi connectivity index (χ0n) is 12.1. The number of hydrogen-bond donors (Lipinski definition) is 1. The molecule has 2 aliphatic rings. The van der Waals surface area contributed by atoms with Gasteiger partial charge in [-0.05, 0) is 44.6 Å². The molecular formula is C15H28N2OS. The maximum absolute atomic E-state index is 12.4. The van der Waals surface area contributed by atoms with Gasteiger partial charge in [0.2, 0.25) is 5.91 Å². The summed E-state index contributed by atoms with van der Waals surface area (Å²) in [4.78, 5) is 14.6. The predicted molar refractivity (Wildman–Crippen MR) is 82.3 cm³/mol. The van der Waals surface area contributed by atoms with E-state index >= 15 is 0 Å². The molecule has 3 unspecified atom stereocenters. The first-order valence-corrected chi connectivity index (χ1v) is 8.88. The van der Waals surface area contributed by atoms with Crippen LogP contribution in [0.2, 0.25) is 0 Å². The van der Waals surface area contributed by atoms with E-state index in [-0.39, 0.29) is 0 Å². The summed E-state index contributed by atoms with van der Waals surface area (Å²) < 4.78 is 0. The van der Waals surface area contributed by atoms with E-state index in [1.807, 2.05) is 0 Å². The van der Waals surface area contributed by atoms with Crippen molar-refractivity contribution in [1.82, 2.24) is 4.90 Å². The molecule has 1 aliphatic carbocycles. The van der Waals surface area contributed by atoms with Crippen molar-refractivity contribution < 1.29 is 4.79 Å². The van der Waals surface area contributed by atoms with Crippen molar-refractivity contribution in [1.29, 1.82) is 0 Å². The molecule has 0 aromatic carbocycles. The summed E-state index contributed by atoms with van der Waals surface area (Å²) in [5.41, 5.74) is 5.56. The van der Waals surface area contributed by atoms with E-state index in [0.29, 0.717) is 23.0 Å². The van der Waals surface area contributed by atoms with Gasteiger partial charge in [0.1, 0.15) is 0 Å². The molecule has 110 valence electrons. The molecule has 2 N–H and O–H groups in total. The smallest absolute Gasteiger partial charge is 0.232 e. The Bertz CT molecular complexity index is 296. The fourth-order valence-electron chi connectivity index (χ4n) is 3.55. The minimum Gasteiger partial charge on any atom is -0.339 e. The molecule has 2 fully saturated rings. The molecule has 0 radical (unpaired) electrons. The summed E-state index contributed by atoms with van der Waals surface area (Å²) in [6, 6.07) is 0.556. The highest BCUT2D eigenvalue weighted by atomic mass is 32.2. The molecule has 0 aromatic heterocycles. The van der Waals surface area contributed by atoms with Crippen LogP contribution >= 0.6 is 11.8 Å². The average molecular weight is 284 g/mol. The maximum Gasteiger partial charge on any atom is 0.232 e. The molecule has 3 atom stereocenters. The molecule has 1 amide bonds. The molecule has 0 bridgehead atoms. The molecule has 1 heterocycles. The number of carbonyl (C=O) groups is 1. The minimum absolute atomic E-state index is 0.366. The molecule has 0 spiro atoms. The third-order valence-electron chi connectivity index (χ3n) is 4.63. The van der Waals surface area contributed by atoms with Crippen molar-refractivity contribution in [3.05, 3.63) is 0 Å². The van der Waals surface area contributed by atoms with Gasteiger partial charge in [-0.1, -0.05) is 19.8 Å². The summed E-state index contributed by atoms with van der Waals surface area (Å²) in [5.74, 6) is 1.80. The average Bonchev–Trinajstić information content (AvgIpc) is 2.44. The second kappa shape index (κ2) is 7.53. The van der Waals surface area contributed by atoms with Crippen LogP contribution in [0.4, 0.5) is 0 Å². The standard InChI is InChI=1S/C15H28N2OS/c1-12(8-9-16)19-11-15(18)17-10-4-6-13-5-2-3-7-14(13)17/h12-14H,2-11,16H2,1H3. The zero-order chi connectivity index (χ0) is 13.7. The highest BCUT2D eigenvalue weighted by Crippen LogP contribution is 2.35. The highest BCUT2D eigenvalue weighted by Gasteiger charge is 2.35. The van der Waals surface area contributed by atoms with Crippen LogP contribution < -0.4 is 5.73 Å². The molecule has 1 aliphatic heterocycles. The number of amides is 1. The maximum atomic E-state index is 12.4. The van der Waals surface area contributed by atoms with E-state index in [4.69, 9.17) is 5.73 Å². The topological polar surface area (TPSA) is 46.3 Å². The molecule has 1 saturated heterocycles. The van der Waals surface area contributed by atoms with Crippen molar-refractivity contribution in [3.8, 4) is 0 Å². The molecule has 1 saturated carbocycles. The first-order valence-electron chi connectivity index (χ1n) is 7.83. The number of carbonyl (C=O) groups excluding carboxylic acids is 1. The Morgan fingerprint density at radius 3 is 2.84 bits per heavy atom. The third-order valence-corrected chi connectivity index (χ3v) is 5.85. The van der Waals surface area contributed by atoms with Gasteiger partial charge in [0, 0.05) is 17.8 Å². The van der Waals surface area contributed by atoms with Crippen LogP contribution in [0.3, 0.4) is 0 Å². The van der Waals surface area contributed by atoms with Gasteiger partial charge < -0.3 is 10.6 Å². The minimum atomic E-state index is 0.366. The largest absolute Gasteiger partial charge is 0.339 e. The Morgan fingerprint density at radius 1 is 1.32 bits per heavy atom. The van der Waals surface area contributed by atoms with Gasteiger partial charge in [0.05, 0.1) is 5.75 Å². The summed E-state index contributed by atoms with van der Waals surface area (Å²) in [6.07, 6.45) is 8.79. The van der Waals surface area contributed by atoms with Gasteiger partial charge in [0.25, 0.3) is 0 Å². The van der Waals surface area contributed by atoms with Crippen molar-refractivity contribution in [2.45, 2.75) is 63.2 Å². The Hall–Kier alpha value is -0.220. The summed E-state index contributed by atoms with van der Waals surface area (Å²) >= 11 is 1.77. The lowest BCUT2D eigenvalue weighted by molar-refractivity contribution is -0.134. The molecule has 2 rings (SSSR count). The lowest BCUT2D eigenvalue weighted by atomic mass is 9.78. The fourth-order valence-corrected chi connectivity index (χ4v) is 4.44. The zero-order valence-corrected chi connectivity index (χ0v) is 13.0. The van der Waals surface area contributed by atoms with Crippen LogP contribution in [0.5, 0.6) is 0 Å². The summed E-state index contributed by atoms with van der Waals surface area (Å²) in [7, 11) is 0. The molecule has 0 aromatic rings. The Kier molecular flexibility index (Phi) is 6.02. The third kappa shape index (κ3) is 4.12. The number of hydrogen-bond acceptors (Lipinski definition) is 3. The highest BCUT2D eigenvalue weighted by molar-refractivity contribution is 8.00. The Morgan fingerprint density at radius 2 is 2.05 bits per heavy atom. The summed E-state index contributed by atoms with van der Waals surface area (Å²) in [5, 5.41) is 0.501. The van der Waals surface area contributed by atoms with Crippen LogP contribution in [0.1, 0.15) is 51.9 Å². The molecule has 3 nitrogen and oxygen atoms in total. The van der Waals surface area contributed by atoms with Gasteiger partial charge >= 0.3 is 0 Å². The van der Waals surface area contributed by atoms with E-state index in [2.05, 4.69) is 11.8 Å². The predicted octanol–water partition coefficient (Wildman–Crippen LogP) is 2.64. The van der Waals surface area contributed by atoms with E-state index in [9.17, 15) is 4.79 Å². The second-order valence-electron chi connectivity index (χ2n) is 6.04. The number of rotatable bonds is 5. The molecule has 4 heteroatoms. The van der Waals surface area contributed by atoms with Gasteiger partial charge in [-0.2, -0.15) is 0 Å². The van der Waals surface area contributed by atoms with Crippen LogP contribution in [0.15, 0.2) is 0 Å². The summed E-state index contributed by atoms with van der Waals surface area (Å²) in [6.45, 7) is 3.88. The van der Waals surface area contributed by atoms with Crippen LogP contribution in [0.25, 0.3) is 0 Å². The van der Waals surface area contributed by atoms with Crippen LogP contribution in [-0.4, -0.2) is 40.9 Å². The van der Waals surface area contributed by atoms with E-state index in [1.165, 1.54) is 38.5 Å². The lowest BCUT2D eigenvalue weighted by Crippen LogP contribution is -2.50. The van der Waals surface area contributed by atoms with Crippen molar-refractivity contribution in [2.75, 3.05) is 18.8 Å². The van der Waals surface area contributed by atoms with Crippen molar-refractivity contribution in [2.24, 2.45) is 11.7 Å². The SMILES string of the molecule is CC(CCN)SCC(=O)N1CCCC2CCCCC21. The van der Waals surface area contributed by atoms with E-state index in [0.717, 1.165) is 25.4 Å². The quantitative estimate of drug-likeness (QED) is 0.844. The second-order valence-corrected chi connectivity index (χ2v) is 7.47.